The highest BCUT2D eigenvalue weighted by Gasteiger charge is 2.35. The third-order valence-corrected chi connectivity index (χ3v) is 7.87. The zero-order valence-corrected chi connectivity index (χ0v) is 24.8. The van der Waals surface area contributed by atoms with E-state index < -0.39 is 41.2 Å². The number of aromatic nitrogens is 4. The van der Waals surface area contributed by atoms with Crippen LogP contribution in [0.2, 0.25) is 5.02 Å². The second-order valence-corrected chi connectivity index (χ2v) is 12.4. The maximum atomic E-state index is 15.2. The van der Waals surface area contributed by atoms with Gasteiger partial charge in [0.15, 0.2) is 17.3 Å². The molecule has 15 heteroatoms. The van der Waals surface area contributed by atoms with Gasteiger partial charge in [-0.25, -0.2) is 27.9 Å². The summed E-state index contributed by atoms with van der Waals surface area (Å²) in [6.07, 6.45) is 1.89. The van der Waals surface area contributed by atoms with E-state index in [0.29, 0.717) is 43.3 Å². The van der Waals surface area contributed by atoms with E-state index in [4.69, 9.17) is 22.1 Å². The zero-order chi connectivity index (χ0) is 31.1. The summed E-state index contributed by atoms with van der Waals surface area (Å²) >= 11 is 5.79. The number of piperidine rings is 1. The molecule has 2 amide bonds. The number of carbonyl (C=O) groups is 2. The van der Waals surface area contributed by atoms with Crippen molar-refractivity contribution >= 4 is 52.3 Å². The van der Waals surface area contributed by atoms with Crippen LogP contribution >= 0.6 is 11.6 Å². The Labute approximate surface area is 251 Å². The van der Waals surface area contributed by atoms with Gasteiger partial charge >= 0.3 is 6.09 Å². The first-order chi connectivity index (χ1) is 20.3. The molecule has 0 bridgehead atoms. The van der Waals surface area contributed by atoms with Crippen LogP contribution in [0, 0.1) is 17.6 Å². The standard InChI is InChI=1S/C28H34ClF3N8O3/c1-28(2,3)43-27(42)39-9-8-20(19(32)13-39)35-25-34-12-21-24(38-25)40(16-6-4-14(5-7-16)23(33)41)26(36-21)37-22-17(30)10-15(29)11-18(22)31/h10-12,14,16,19-20H,4-9,13H2,1-3H3,(H2,33,41)(H,36,37)(H,34,35,38)/t14-,16+,19?,20-/m0/s1. The first-order valence-electron chi connectivity index (χ1n) is 14.1. The zero-order valence-electron chi connectivity index (χ0n) is 24.0. The minimum Gasteiger partial charge on any atom is -0.444 e. The van der Waals surface area contributed by atoms with Gasteiger partial charge in [0.1, 0.15) is 23.0 Å². The molecule has 43 heavy (non-hydrogen) atoms. The molecule has 3 heterocycles. The summed E-state index contributed by atoms with van der Waals surface area (Å²) in [6.45, 7) is 5.37. The number of ether oxygens (including phenoxy) is 1. The van der Waals surface area contributed by atoms with Gasteiger partial charge in [0.2, 0.25) is 17.8 Å². The molecular formula is C28H34ClF3N8O3. The highest BCUT2D eigenvalue weighted by molar-refractivity contribution is 6.30. The highest BCUT2D eigenvalue weighted by Crippen LogP contribution is 2.38. The number of benzene rings is 1. The SMILES string of the molecule is CC(C)(C)OC(=O)N1CC[C@H](Nc2ncc3nc(Nc4c(F)cc(Cl)cc4F)n([C@H]4CC[C@@H](C(N)=O)CC4)c3n2)C(F)C1. The molecule has 4 N–H and O–H groups in total. The lowest BCUT2D eigenvalue weighted by molar-refractivity contribution is -0.122. The quantitative estimate of drug-likeness (QED) is 0.328. The maximum absolute atomic E-state index is 15.2. The molecule has 2 atom stereocenters. The number of rotatable bonds is 6. The predicted octanol–water partition coefficient (Wildman–Crippen LogP) is 5.48. The predicted molar refractivity (Wildman–Crippen MR) is 155 cm³/mol. The number of primary amides is 1. The van der Waals surface area contributed by atoms with Gasteiger partial charge in [0, 0.05) is 23.5 Å². The van der Waals surface area contributed by atoms with Crippen LogP contribution in [0.15, 0.2) is 18.3 Å². The number of hydrogen-bond donors (Lipinski definition) is 3. The first-order valence-corrected chi connectivity index (χ1v) is 14.5. The van der Waals surface area contributed by atoms with Crippen LogP contribution in [0.5, 0.6) is 0 Å². The van der Waals surface area contributed by atoms with Gasteiger partial charge in [0.25, 0.3) is 0 Å². The van der Waals surface area contributed by atoms with Crippen LogP contribution in [-0.2, 0) is 9.53 Å². The van der Waals surface area contributed by atoms with Crippen molar-refractivity contribution < 1.29 is 27.5 Å². The number of nitrogens with zero attached hydrogens (tertiary/aromatic N) is 5. The summed E-state index contributed by atoms with van der Waals surface area (Å²) in [4.78, 5) is 38.9. The lowest BCUT2D eigenvalue weighted by Crippen LogP contribution is -2.51. The Morgan fingerprint density at radius 1 is 1.09 bits per heavy atom. The van der Waals surface area contributed by atoms with Crippen molar-refractivity contribution in [2.45, 2.75) is 76.7 Å². The number of amides is 2. The Bertz CT molecular complexity index is 1500. The summed E-state index contributed by atoms with van der Waals surface area (Å²) in [5.74, 6) is -2.19. The van der Waals surface area contributed by atoms with E-state index in [9.17, 15) is 18.4 Å². The monoisotopic (exact) mass is 622 g/mol. The molecule has 232 valence electrons. The van der Waals surface area contributed by atoms with Crippen molar-refractivity contribution in [1.29, 1.82) is 0 Å². The molecular weight excluding hydrogens is 589 g/mol. The topological polar surface area (TPSA) is 140 Å². The third-order valence-electron chi connectivity index (χ3n) is 7.65. The van der Waals surface area contributed by atoms with Gasteiger partial charge in [-0.2, -0.15) is 4.98 Å². The number of hydrogen-bond acceptors (Lipinski definition) is 8. The number of imidazole rings is 1. The molecule has 1 saturated carbocycles. The Hall–Kier alpha value is -3.81. The van der Waals surface area contributed by atoms with E-state index >= 15 is 4.39 Å². The van der Waals surface area contributed by atoms with E-state index in [0.717, 1.165) is 12.1 Å². The fraction of sp³-hybridized carbons (Fsp3) is 0.536. The second kappa shape index (κ2) is 12.1. The summed E-state index contributed by atoms with van der Waals surface area (Å²) in [5, 5.41) is 5.69. The molecule has 3 aromatic rings. The fourth-order valence-corrected chi connectivity index (χ4v) is 5.70. The minimum absolute atomic E-state index is 0.0940. The molecule has 1 aromatic carbocycles. The molecule has 0 spiro atoms. The number of anilines is 3. The van der Waals surface area contributed by atoms with Gasteiger partial charge in [0.05, 0.1) is 18.8 Å². The van der Waals surface area contributed by atoms with E-state index in [1.54, 1.807) is 25.3 Å². The molecule has 2 aliphatic rings. The highest BCUT2D eigenvalue weighted by atomic mass is 35.5. The van der Waals surface area contributed by atoms with E-state index in [1.165, 1.54) is 11.1 Å². The molecule has 1 saturated heterocycles. The fourth-order valence-electron chi connectivity index (χ4n) is 5.51. The van der Waals surface area contributed by atoms with E-state index in [2.05, 4.69) is 25.6 Å². The molecule has 1 unspecified atom stereocenters. The Kier molecular flexibility index (Phi) is 8.59. The van der Waals surface area contributed by atoms with Crippen LogP contribution in [0.1, 0.15) is 58.9 Å². The van der Waals surface area contributed by atoms with Crippen LogP contribution < -0.4 is 16.4 Å². The molecule has 11 nitrogen and oxygen atoms in total. The van der Waals surface area contributed by atoms with Gasteiger partial charge < -0.3 is 26.0 Å². The molecule has 5 rings (SSSR count). The van der Waals surface area contributed by atoms with Crippen molar-refractivity contribution in [2.24, 2.45) is 11.7 Å². The summed E-state index contributed by atoms with van der Waals surface area (Å²) in [5.41, 5.74) is 5.10. The van der Waals surface area contributed by atoms with Crippen LogP contribution in [0.3, 0.4) is 0 Å². The second-order valence-electron chi connectivity index (χ2n) is 12.0. The molecule has 0 radical (unpaired) electrons. The smallest absolute Gasteiger partial charge is 0.410 e. The van der Waals surface area contributed by atoms with Crippen molar-refractivity contribution in [3.63, 3.8) is 0 Å². The number of carbonyl (C=O) groups excluding carboxylic acids is 2. The van der Waals surface area contributed by atoms with Crippen LogP contribution in [0.25, 0.3) is 11.2 Å². The van der Waals surface area contributed by atoms with Crippen LogP contribution in [-0.4, -0.2) is 67.3 Å². The van der Waals surface area contributed by atoms with Crippen molar-refractivity contribution in [1.82, 2.24) is 24.4 Å². The van der Waals surface area contributed by atoms with Crippen molar-refractivity contribution in [3.8, 4) is 0 Å². The number of alkyl halides is 1. The average molecular weight is 623 g/mol. The Morgan fingerprint density at radius 3 is 2.37 bits per heavy atom. The number of fused-ring (bicyclic) bond motifs is 1. The number of halogens is 4. The normalized spacial score (nSPS) is 22.8. The van der Waals surface area contributed by atoms with E-state index in [1.807, 2.05) is 0 Å². The number of likely N-dealkylation sites (tertiary alicyclic amines) is 1. The Balaban J connectivity index is 1.41. The Morgan fingerprint density at radius 2 is 1.77 bits per heavy atom. The number of nitrogens with two attached hydrogens (primary N) is 1. The maximum Gasteiger partial charge on any atom is 0.410 e. The van der Waals surface area contributed by atoms with Gasteiger partial charge in [-0.05, 0) is 65.0 Å². The van der Waals surface area contributed by atoms with E-state index in [-0.39, 0.29) is 47.9 Å². The molecule has 1 aliphatic carbocycles. The molecule has 2 fully saturated rings. The lowest BCUT2D eigenvalue weighted by Gasteiger charge is -2.35. The third kappa shape index (κ3) is 6.89. The average Bonchev–Trinajstić information content (AvgIpc) is 3.28. The summed E-state index contributed by atoms with van der Waals surface area (Å²) < 4.78 is 51.7. The summed E-state index contributed by atoms with van der Waals surface area (Å²) in [6, 6.07) is 1.08. The minimum atomic E-state index is -1.41. The van der Waals surface area contributed by atoms with Gasteiger partial charge in [-0.15, -0.1) is 0 Å². The first kappa shape index (κ1) is 30.6. The van der Waals surface area contributed by atoms with Crippen molar-refractivity contribution in [3.05, 3.63) is 35.0 Å². The lowest BCUT2D eigenvalue weighted by atomic mass is 9.85. The van der Waals surface area contributed by atoms with Crippen molar-refractivity contribution in [2.75, 3.05) is 23.7 Å². The van der Waals surface area contributed by atoms with Crippen LogP contribution in [0.4, 0.5) is 35.5 Å². The summed E-state index contributed by atoms with van der Waals surface area (Å²) in [7, 11) is 0. The van der Waals surface area contributed by atoms with Gasteiger partial charge in [-0.1, -0.05) is 11.6 Å². The largest absolute Gasteiger partial charge is 0.444 e. The number of nitrogens with one attached hydrogen (secondary N) is 2. The van der Waals surface area contributed by atoms with Gasteiger partial charge in [-0.3, -0.25) is 9.36 Å². The molecule has 1 aliphatic heterocycles. The molecule has 2 aromatic heterocycles.